The van der Waals surface area contributed by atoms with Crippen molar-refractivity contribution in [1.82, 2.24) is 10.2 Å². The molecule has 1 aromatic rings. The Morgan fingerprint density at radius 3 is 2.76 bits per heavy atom. The van der Waals surface area contributed by atoms with Crippen LogP contribution in [0.4, 0.5) is 9.18 Å². The molecule has 2 rings (SSSR count). The van der Waals surface area contributed by atoms with Crippen LogP contribution in [0.3, 0.4) is 0 Å². The van der Waals surface area contributed by atoms with Crippen LogP contribution in [0.2, 0.25) is 0 Å². The van der Waals surface area contributed by atoms with Gasteiger partial charge in [-0.2, -0.15) is 0 Å². The van der Waals surface area contributed by atoms with Crippen LogP contribution in [-0.4, -0.2) is 41.1 Å². The molecule has 1 saturated heterocycles. The maximum Gasteiger partial charge on any atom is 0.317 e. The summed E-state index contributed by atoms with van der Waals surface area (Å²) in [5.41, 5.74) is 0.552. The third-order valence-electron chi connectivity index (χ3n) is 3.96. The molecule has 1 heterocycles. The summed E-state index contributed by atoms with van der Waals surface area (Å²) in [6, 6.07) is 5.83. The van der Waals surface area contributed by atoms with E-state index in [0.29, 0.717) is 31.5 Å². The van der Waals surface area contributed by atoms with Gasteiger partial charge < -0.3 is 15.3 Å². The van der Waals surface area contributed by atoms with E-state index < -0.39 is 11.9 Å². The molecule has 0 aliphatic carbocycles. The number of halogens is 1. The molecule has 2 atom stereocenters. The summed E-state index contributed by atoms with van der Waals surface area (Å²) in [7, 11) is 0. The summed E-state index contributed by atoms with van der Waals surface area (Å²) in [6.45, 7) is 2.49. The van der Waals surface area contributed by atoms with Crippen LogP contribution in [0, 0.1) is 11.7 Å². The average Bonchev–Trinajstić information content (AvgIpc) is 2.83. The summed E-state index contributed by atoms with van der Waals surface area (Å²) in [5.74, 6) is -1.67. The lowest BCUT2D eigenvalue weighted by atomic mass is 10.0. The molecule has 1 aliphatic rings. The number of hydrogen-bond donors (Lipinski definition) is 2. The van der Waals surface area contributed by atoms with Crippen LogP contribution < -0.4 is 5.32 Å². The molecule has 1 aliphatic heterocycles. The highest BCUT2D eigenvalue weighted by molar-refractivity contribution is 5.78. The number of carbonyl (C=O) groups excluding carboxylic acids is 1. The molecule has 2 N–H and O–H groups in total. The first-order valence-electron chi connectivity index (χ1n) is 7.01. The zero-order chi connectivity index (χ0) is 15.4. The van der Waals surface area contributed by atoms with Gasteiger partial charge in [0.1, 0.15) is 5.82 Å². The van der Waals surface area contributed by atoms with E-state index in [1.165, 1.54) is 11.0 Å². The highest BCUT2D eigenvalue weighted by Gasteiger charge is 2.37. The van der Waals surface area contributed by atoms with Crippen molar-refractivity contribution in [2.24, 2.45) is 5.92 Å². The second-order valence-corrected chi connectivity index (χ2v) is 5.24. The fourth-order valence-electron chi connectivity index (χ4n) is 2.66. The fraction of sp³-hybridized carbons (Fsp3) is 0.467. The van der Waals surface area contributed by atoms with Gasteiger partial charge in [-0.25, -0.2) is 9.18 Å². The van der Waals surface area contributed by atoms with Crippen molar-refractivity contribution in [3.8, 4) is 0 Å². The smallest absolute Gasteiger partial charge is 0.317 e. The molecule has 5 nitrogen and oxygen atoms in total. The Morgan fingerprint density at radius 1 is 1.43 bits per heavy atom. The van der Waals surface area contributed by atoms with Crippen molar-refractivity contribution in [2.75, 3.05) is 13.1 Å². The number of rotatable bonds is 4. The summed E-state index contributed by atoms with van der Waals surface area (Å²) >= 11 is 0. The quantitative estimate of drug-likeness (QED) is 0.890. The number of hydrogen-bond acceptors (Lipinski definition) is 2. The third kappa shape index (κ3) is 3.51. The van der Waals surface area contributed by atoms with Gasteiger partial charge in [-0.3, -0.25) is 4.79 Å². The van der Waals surface area contributed by atoms with Gasteiger partial charge in [-0.15, -0.1) is 0 Å². The number of carbonyl (C=O) groups is 2. The van der Waals surface area contributed by atoms with Crippen molar-refractivity contribution in [2.45, 2.75) is 25.8 Å². The van der Waals surface area contributed by atoms with Crippen molar-refractivity contribution >= 4 is 12.0 Å². The molecule has 1 fully saturated rings. The molecular formula is C15H19FN2O3. The van der Waals surface area contributed by atoms with E-state index in [2.05, 4.69) is 5.32 Å². The maximum absolute atomic E-state index is 13.4. The van der Waals surface area contributed by atoms with Crippen LogP contribution in [0.25, 0.3) is 0 Å². The molecule has 6 heteroatoms. The van der Waals surface area contributed by atoms with Gasteiger partial charge in [-0.05, 0) is 31.4 Å². The number of carboxylic acids is 1. The molecule has 0 aromatic heterocycles. The zero-order valence-electron chi connectivity index (χ0n) is 11.9. The number of nitrogens with one attached hydrogen (secondary N) is 1. The number of urea groups is 1. The summed E-state index contributed by atoms with van der Waals surface area (Å²) in [5, 5.41) is 11.8. The Bertz CT molecular complexity index is 535. The molecule has 0 radical (unpaired) electrons. The zero-order valence-corrected chi connectivity index (χ0v) is 11.9. The molecule has 1 aromatic carbocycles. The van der Waals surface area contributed by atoms with Gasteiger partial charge in [0.25, 0.3) is 0 Å². The van der Waals surface area contributed by atoms with E-state index in [0.717, 1.165) is 0 Å². The summed E-state index contributed by atoms with van der Waals surface area (Å²) in [4.78, 5) is 24.6. The first-order chi connectivity index (χ1) is 10.0. The van der Waals surface area contributed by atoms with Crippen molar-refractivity contribution in [1.29, 1.82) is 0 Å². The fourth-order valence-corrected chi connectivity index (χ4v) is 2.66. The molecule has 2 unspecified atom stereocenters. The Hall–Kier alpha value is -2.11. The predicted octanol–water partition coefficient (Wildman–Crippen LogP) is 1.87. The highest BCUT2D eigenvalue weighted by Crippen LogP contribution is 2.24. The van der Waals surface area contributed by atoms with Gasteiger partial charge in [0.2, 0.25) is 0 Å². The maximum atomic E-state index is 13.4. The molecule has 0 saturated carbocycles. The lowest BCUT2D eigenvalue weighted by Crippen LogP contribution is -2.44. The van der Waals surface area contributed by atoms with Crippen LogP contribution in [-0.2, 0) is 11.2 Å². The number of nitrogens with zero attached hydrogens (tertiary/aromatic N) is 1. The predicted molar refractivity (Wildman–Crippen MR) is 75.4 cm³/mol. The van der Waals surface area contributed by atoms with Crippen LogP contribution in [0.15, 0.2) is 24.3 Å². The topological polar surface area (TPSA) is 69.6 Å². The van der Waals surface area contributed by atoms with E-state index in [4.69, 9.17) is 5.11 Å². The Morgan fingerprint density at radius 2 is 2.14 bits per heavy atom. The number of amides is 2. The van der Waals surface area contributed by atoms with Crippen molar-refractivity contribution in [3.63, 3.8) is 0 Å². The minimum Gasteiger partial charge on any atom is -0.481 e. The van der Waals surface area contributed by atoms with Crippen molar-refractivity contribution < 1.29 is 19.1 Å². The SMILES string of the molecule is CC1C(C(=O)O)CCN1C(=O)NCCc1ccccc1F. The van der Waals surface area contributed by atoms with Crippen LogP contribution >= 0.6 is 0 Å². The third-order valence-corrected chi connectivity index (χ3v) is 3.96. The van der Waals surface area contributed by atoms with E-state index in [1.807, 2.05) is 0 Å². The Labute approximate surface area is 122 Å². The normalized spacial score (nSPS) is 21.3. The first-order valence-corrected chi connectivity index (χ1v) is 7.01. The molecule has 21 heavy (non-hydrogen) atoms. The largest absolute Gasteiger partial charge is 0.481 e. The molecule has 0 spiro atoms. The van der Waals surface area contributed by atoms with E-state index in [9.17, 15) is 14.0 Å². The van der Waals surface area contributed by atoms with E-state index >= 15 is 0 Å². The number of carboxylic acid groups (broad SMARTS) is 1. The molecule has 2 amide bonds. The standard InChI is InChI=1S/C15H19FN2O3/c1-10-12(14(19)20)7-9-18(10)15(21)17-8-6-11-4-2-3-5-13(11)16/h2-5,10,12H,6-9H2,1H3,(H,17,21)(H,19,20). The average molecular weight is 294 g/mol. The molecular weight excluding hydrogens is 275 g/mol. The minimum atomic E-state index is -0.871. The summed E-state index contributed by atoms with van der Waals surface area (Å²) < 4.78 is 13.4. The van der Waals surface area contributed by atoms with E-state index in [1.54, 1.807) is 25.1 Å². The lowest BCUT2D eigenvalue weighted by Gasteiger charge is -2.23. The molecule has 0 bridgehead atoms. The Balaban J connectivity index is 1.83. The second kappa shape index (κ2) is 6.56. The summed E-state index contributed by atoms with van der Waals surface area (Å²) in [6.07, 6.45) is 0.875. The lowest BCUT2D eigenvalue weighted by molar-refractivity contribution is -0.142. The van der Waals surface area contributed by atoms with Gasteiger partial charge >= 0.3 is 12.0 Å². The van der Waals surface area contributed by atoms with Crippen LogP contribution in [0.5, 0.6) is 0 Å². The number of aliphatic carboxylic acids is 1. The highest BCUT2D eigenvalue weighted by atomic mass is 19.1. The monoisotopic (exact) mass is 294 g/mol. The Kier molecular flexibility index (Phi) is 4.77. The first kappa shape index (κ1) is 15.3. The van der Waals surface area contributed by atoms with Crippen molar-refractivity contribution in [3.05, 3.63) is 35.6 Å². The molecule has 114 valence electrons. The van der Waals surface area contributed by atoms with Gasteiger partial charge in [0, 0.05) is 19.1 Å². The van der Waals surface area contributed by atoms with Gasteiger partial charge in [0.05, 0.1) is 5.92 Å². The van der Waals surface area contributed by atoms with Gasteiger partial charge in [0.15, 0.2) is 0 Å². The van der Waals surface area contributed by atoms with Gasteiger partial charge in [-0.1, -0.05) is 18.2 Å². The number of likely N-dealkylation sites (tertiary alicyclic amines) is 1. The minimum absolute atomic E-state index is 0.285. The van der Waals surface area contributed by atoms with E-state index in [-0.39, 0.29) is 17.9 Å². The number of benzene rings is 1. The second-order valence-electron chi connectivity index (χ2n) is 5.24. The van der Waals surface area contributed by atoms with Crippen LogP contribution in [0.1, 0.15) is 18.9 Å².